The monoisotopic (exact) mass is 362 g/mol. The largest absolute Gasteiger partial charge is 0.349 e. The number of aromatic amines is 1. The van der Waals surface area contributed by atoms with Crippen molar-refractivity contribution in [2.24, 2.45) is 0 Å². The van der Waals surface area contributed by atoms with Crippen molar-refractivity contribution in [3.63, 3.8) is 0 Å². The smallest absolute Gasteiger partial charge is 0.255 e. The zero-order valence-corrected chi connectivity index (χ0v) is 15.6. The molecule has 0 spiro atoms. The molecule has 138 valence electrons. The second-order valence-electron chi connectivity index (χ2n) is 6.52. The molecule has 0 aliphatic rings. The Kier molecular flexibility index (Phi) is 5.45. The van der Waals surface area contributed by atoms with E-state index in [0.717, 1.165) is 11.1 Å². The zero-order valence-electron chi connectivity index (χ0n) is 15.6. The average Bonchev–Trinajstić information content (AvgIpc) is 2.65. The molecule has 0 saturated heterocycles. The van der Waals surface area contributed by atoms with E-state index in [1.165, 1.54) is 0 Å². The molecule has 0 aliphatic carbocycles. The summed E-state index contributed by atoms with van der Waals surface area (Å²) in [6.07, 6.45) is 1.62. The van der Waals surface area contributed by atoms with Crippen molar-refractivity contribution >= 4 is 5.91 Å². The van der Waals surface area contributed by atoms with Crippen molar-refractivity contribution in [3.8, 4) is 11.5 Å². The van der Waals surface area contributed by atoms with Crippen LogP contribution < -0.4 is 10.9 Å². The molecule has 0 fully saturated rings. The Morgan fingerprint density at radius 1 is 1.15 bits per heavy atom. The maximum absolute atomic E-state index is 12.5. The van der Waals surface area contributed by atoms with Crippen LogP contribution in [0.3, 0.4) is 0 Å². The minimum absolute atomic E-state index is 0.0209. The molecule has 1 atom stereocenters. The first-order valence-corrected chi connectivity index (χ1v) is 8.82. The SMILES string of the molecule is Cc1ccccc1[C@@H](C)NC(=O)Cc1c(C)nc(-c2ccccn2)[nH]c1=O. The number of rotatable bonds is 5. The minimum Gasteiger partial charge on any atom is -0.349 e. The standard InChI is InChI=1S/C21H22N4O2/c1-13-8-4-5-9-16(13)14(2)23-19(26)12-17-15(3)24-20(25-21(17)27)18-10-6-7-11-22-18/h4-11,14H,12H2,1-3H3,(H,23,26)(H,24,25,27)/t14-/m1/s1. The van der Waals surface area contributed by atoms with Crippen LogP contribution in [-0.4, -0.2) is 20.9 Å². The lowest BCUT2D eigenvalue weighted by molar-refractivity contribution is -0.121. The van der Waals surface area contributed by atoms with Crippen molar-refractivity contribution in [1.29, 1.82) is 0 Å². The van der Waals surface area contributed by atoms with Crippen LogP contribution in [0.4, 0.5) is 0 Å². The van der Waals surface area contributed by atoms with Gasteiger partial charge in [-0.25, -0.2) is 4.98 Å². The van der Waals surface area contributed by atoms with Crippen LogP contribution in [0, 0.1) is 13.8 Å². The lowest BCUT2D eigenvalue weighted by Crippen LogP contribution is -2.31. The number of nitrogens with one attached hydrogen (secondary N) is 2. The second kappa shape index (κ2) is 7.95. The third kappa shape index (κ3) is 4.28. The van der Waals surface area contributed by atoms with Gasteiger partial charge in [-0.15, -0.1) is 0 Å². The number of nitrogens with zero attached hydrogens (tertiary/aromatic N) is 2. The van der Waals surface area contributed by atoms with Gasteiger partial charge in [-0.3, -0.25) is 14.6 Å². The number of aryl methyl sites for hydroxylation is 2. The second-order valence-corrected chi connectivity index (χ2v) is 6.52. The van der Waals surface area contributed by atoms with E-state index in [-0.39, 0.29) is 23.9 Å². The first-order valence-electron chi connectivity index (χ1n) is 8.82. The number of hydrogen-bond acceptors (Lipinski definition) is 4. The summed E-state index contributed by atoms with van der Waals surface area (Å²) in [5, 5.41) is 2.95. The molecule has 0 saturated carbocycles. The number of pyridine rings is 1. The van der Waals surface area contributed by atoms with Gasteiger partial charge in [0.2, 0.25) is 5.91 Å². The molecule has 0 bridgehead atoms. The van der Waals surface area contributed by atoms with E-state index >= 15 is 0 Å². The Hall–Kier alpha value is -3.28. The molecule has 3 rings (SSSR count). The highest BCUT2D eigenvalue weighted by Gasteiger charge is 2.16. The predicted octanol–water partition coefficient (Wildman–Crippen LogP) is 2.87. The van der Waals surface area contributed by atoms with Crippen molar-refractivity contribution in [2.75, 3.05) is 0 Å². The van der Waals surface area contributed by atoms with Crippen molar-refractivity contribution in [2.45, 2.75) is 33.2 Å². The average molecular weight is 362 g/mol. The molecule has 6 heteroatoms. The number of carbonyl (C=O) groups is 1. The van der Waals surface area contributed by atoms with Crippen LogP contribution in [0.25, 0.3) is 11.5 Å². The van der Waals surface area contributed by atoms with E-state index in [1.807, 2.05) is 44.2 Å². The first-order chi connectivity index (χ1) is 13.0. The summed E-state index contributed by atoms with van der Waals surface area (Å²) in [6.45, 7) is 5.67. The molecule has 27 heavy (non-hydrogen) atoms. The normalized spacial score (nSPS) is 11.8. The van der Waals surface area contributed by atoms with Crippen molar-refractivity contribution in [1.82, 2.24) is 20.3 Å². The molecule has 0 aliphatic heterocycles. The maximum atomic E-state index is 12.5. The van der Waals surface area contributed by atoms with Gasteiger partial charge in [-0.1, -0.05) is 30.3 Å². The number of hydrogen-bond donors (Lipinski definition) is 2. The first kappa shape index (κ1) is 18.5. The zero-order chi connectivity index (χ0) is 19.4. The summed E-state index contributed by atoms with van der Waals surface area (Å²) in [5.41, 5.74) is 3.33. The lowest BCUT2D eigenvalue weighted by atomic mass is 10.0. The Bertz CT molecular complexity index is 1010. The molecule has 2 aromatic heterocycles. The van der Waals surface area contributed by atoms with Gasteiger partial charge < -0.3 is 10.3 Å². The highest BCUT2D eigenvalue weighted by Crippen LogP contribution is 2.17. The molecule has 6 nitrogen and oxygen atoms in total. The topological polar surface area (TPSA) is 87.7 Å². The molecule has 0 unspecified atom stereocenters. The fourth-order valence-corrected chi connectivity index (χ4v) is 3.05. The van der Waals surface area contributed by atoms with Crippen LogP contribution in [0.15, 0.2) is 53.5 Å². The lowest BCUT2D eigenvalue weighted by Gasteiger charge is -2.16. The van der Waals surface area contributed by atoms with Crippen LogP contribution in [0.2, 0.25) is 0 Å². The van der Waals surface area contributed by atoms with Crippen LogP contribution >= 0.6 is 0 Å². The molecular formula is C21H22N4O2. The molecule has 2 N–H and O–H groups in total. The predicted molar refractivity (Wildman–Crippen MR) is 104 cm³/mol. The molecule has 3 aromatic rings. The van der Waals surface area contributed by atoms with E-state index in [2.05, 4.69) is 20.3 Å². The summed E-state index contributed by atoms with van der Waals surface area (Å²) in [6, 6.07) is 13.2. The molecule has 2 heterocycles. The summed E-state index contributed by atoms with van der Waals surface area (Å²) in [5.74, 6) is 0.183. The third-order valence-corrected chi connectivity index (χ3v) is 4.50. The number of amides is 1. The van der Waals surface area contributed by atoms with Crippen LogP contribution in [0.5, 0.6) is 0 Å². The van der Waals surface area contributed by atoms with E-state index in [0.29, 0.717) is 22.8 Å². The summed E-state index contributed by atoms with van der Waals surface area (Å²) in [4.78, 5) is 36.3. The van der Waals surface area contributed by atoms with Gasteiger partial charge in [-0.2, -0.15) is 0 Å². The highest BCUT2D eigenvalue weighted by molar-refractivity contribution is 5.79. The summed E-state index contributed by atoms with van der Waals surface area (Å²) < 4.78 is 0. The fraction of sp³-hybridized carbons (Fsp3) is 0.238. The van der Waals surface area contributed by atoms with Gasteiger partial charge >= 0.3 is 0 Å². The maximum Gasteiger partial charge on any atom is 0.255 e. The van der Waals surface area contributed by atoms with Crippen LogP contribution in [0.1, 0.15) is 35.3 Å². The number of carbonyl (C=O) groups excluding carboxylic acids is 1. The number of aromatic nitrogens is 3. The third-order valence-electron chi connectivity index (χ3n) is 4.50. The van der Waals surface area contributed by atoms with E-state index in [9.17, 15) is 9.59 Å². The Labute approximate surface area is 157 Å². The Morgan fingerprint density at radius 2 is 1.89 bits per heavy atom. The van der Waals surface area contributed by atoms with Gasteiger partial charge in [0.05, 0.1) is 12.5 Å². The Balaban J connectivity index is 1.76. The summed E-state index contributed by atoms with van der Waals surface area (Å²) in [7, 11) is 0. The molecule has 1 amide bonds. The van der Waals surface area contributed by atoms with Gasteiger partial charge in [0.25, 0.3) is 5.56 Å². The van der Waals surface area contributed by atoms with E-state index in [4.69, 9.17) is 0 Å². The van der Waals surface area contributed by atoms with E-state index < -0.39 is 0 Å². The van der Waals surface area contributed by atoms with Crippen molar-refractivity contribution in [3.05, 3.63) is 81.4 Å². The molecule has 0 radical (unpaired) electrons. The minimum atomic E-state index is -0.318. The van der Waals surface area contributed by atoms with Gasteiger partial charge in [0.1, 0.15) is 5.69 Å². The van der Waals surface area contributed by atoms with E-state index in [1.54, 1.807) is 25.3 Å². The number of benzene rings is 1. The number of H-pyrrole nitrogens is 1. The van der Waals surface area contributed by atoms with Gasteiger partial charge in [0.15, 0.2) is 5.82 Å². The van der Waals surface area contributed by atoms with Gasteiger partial charge in [0, 0.05) is 17.5 Å². The molecule has 1 aromatic carbocycles. The molecular weight excluding hydrogens is 340 g/mol. The quantitative estimate of drug-likeness (QED) is 0.730. The fourth-order valence-electron chi connectivity index (χ4n) is 3.05. The summed E-state index contributed by atoms with van der Waals surface area (Å²) >= 11 is 0. The van der Waals surface area contributed by atoms with Gasteiger partial charge in [-0.05, 0) is 44.0 Å². The highest BCUT2D eigenvalue weighted by atomic mass is 16.2. The van der Waals surface area contributed by atoms with Crippen molar-refractivity contribution < 1.29 is 4.79 Å². The Morgan fingerprint density at radius 3 is 2.56 bits per heavy atom. The van der Waals surface area contributed by atoms with Crippen LogP contribution in [-0.2, 0) is 11.2 Å².